The molecule has 0 amide bonds. The molecule has 248 valence electrons. The lowest BCUT2D eigenvalue weighted by Gasteiger charge is -2.27. The van der Waals surface area contributed by atoms with Crippen LogP contribution in [0, 0.1) is 0 Å². The van der Waals surface area contributed by atoms with Crippen LogP contribution in [0.15, 0.2) is 170 Å². The molecule has 0 saturated carbocycles. The van der Waals surface area contributed by atoms with E-state index in [1.165, 1.54) is 79.1 Å². The number of benzene rings is 8. The van der Waals surface area contributed by atoms with Crippen molar-refractivity contribution in [2.24, 2.45) is 0 Å². The molecule has 0 aliphatic carbocycles. The lowest BCUT2D eigenvalue weighted by atomic mass is 9.99. The molecule has 0 N–H and O–H groups in total. The molecule has 8 aromatic carbocycles. The van der Waals surface area contributed by atoms with Crippen LogP contribution in [0.1, 0.15) is 0 Å². The summed E-state index contributed by atoms with van der Waals surface area (Å²) in [6, 6.07) is 61.6. The first-order valence-electron chi connectivity index (χ1n) is 17.8. The van der Waals surface area contributed by atoms with Crippen molar-refractivity contribution in [2.45, 2.75) is 0 Å². The van der Waals surface area contributed by atoms with E-state index in [2.05, 4.69) is 173 Å². The Morgan fingerprint density at radius 3 is 1.74 bits per heavy atom. The number of anilines is 3. The Morgan fingerprint density at radius 2 is 1.02 bits per heavy atom. The lowest BCUT2D eigenvalue weighted by Crippen LogP contribution is -2.10. The summed E-state index contributed by atoms with van der Waals surface area (Å²) in [5, 5.41) is 7.62. The van der Waals surface area contributed by atoms with Gasteiger partial charge in [0.25, 0.3) is 0 Å². The topological polar surface area (TPSA) is 17.4 Å². The molecule has 4 heterocycles. The SMILES string of the molecule is c1ccc2c(c1)Oc1cccc3c4c(-c5ccc(N(c6cccc7c6sc6ccccc67)c6cccc7c6sc6ccccc67)cc5)cccc4n-2c13. The molecule has 3 nitrogen and oxygen atoms in total. The van der Waals surface area contributed by atoms with Crippen LogP contribution >= 0.6 is 22.7 Å². The zero-order valence-electron chi connectivity index (χ0n) is 28.3. The van der Waals surface area contributed by atoms with E-state index in [1.54, 1.807) is 0 Å². The van der Waals surface area contributed by atoms with Crippen LogP contribution in [0.3, 0.4) is 0 Å². The van der Waals surface area contributed by atoms with Gasteiger partial charge in [0.05, 0.1) is 37.5 Å². The minimum Gasteiger partial charge on any atom is -0.453 e. The van der Waals surface area contributed by atoms with Gasteiger partial charge < -0.3 is 14.2 Å². The van der Waals surface area contributed by atoms with Crippen LogP contribution in [-0.2, 0) is 0 Å². The number of hydrogen-bond acceptors (Lipinski definition) is 4. The first kappa shape index (κ1) is 29.2. The normalized spacial score (nSPS) is 12.3. The molecule has 11 aromatic rings. The van der Waals surface area contributed by atoms with Crippen molar-refractivity contribution in [3.05, 3.63) is 170 Å². The highest BCUT2D eigenvalue weighted by Gasteiger charge is 2.26. The second kappa shape index (κ2) is 11.1. The molecular formula is C48H28N2OS2. The summed E-state index contributed by atoms with van der Waals surface area (Å²) in [6.07, 6.45) is 0. The van der Waals surface area contributed by atoms with Gasteiger partial charge in [-0.3, -0.25) is 0 Å². The number of nitrogens with zero attached hydrogens (tertiary/aromatic N) is 2. The average Bonchev–Trinajstić information content (AvgIpc) is 3.90. The van der Waals surface area contributed by atoms with Gasteiger partial charge in [-0.15, -0.1) is 22.7 Å². The Balaban J connectivity index is 1.08. The van der Waals surface area contributed by atoms with E-state index in [0.717, 1.165) is 28.4 Å². The van der Waals surface area contributed by atoms with Crippen LogP contribution in [0.2, 0.25) is 0 Å². The van der Waals surface area contributed by atoms with E-state index in [1.807, 2.05) is 28.7 Å². The smallest absolute Gasteiger partial charge is 0.152 e. The minimum atomic E-state index is 0.877. The van der Waals surface area contributed by atoms with Gasteiger partial charge in [-0.1, -0.05) is 109 Å². The fourth-order valence-electron chi connectivity index (χ4n) is 8.52. The molecule has 0 fully saturated rings. The van der Waals surface area contributed by atoms with Crippen molar-refractivity contribution in [1.82, 2.24) is 4.57 Å². The predicted molar refractivity (Wildman–Crippen MR) is 227 cm³/mol. The molecule has 5 heteroatoms. The molecule has 0 saturated heterocycles. The highest BCUT2D eigenvalue weighted by molar-refractivity contribution is 7.27. The Morgan fingerprint density at radius 1 is 0.453 bits per heavy atom. The summed E-state index contributed by atoms with van der Waals surface area (Å²) in [5.74, 6) is 1.77. The summed E-state index contributed by atoms with van der Waals surface area (Å²) in [6.45, 7) is 0. The highest BCUT2D eigenvalue weighted by atomic mass is 32.1. The first-order valence-corrected chi connectivity index (χ1v) is 19.5. The maximum absolute atomic E-state index is 6.43. The van der Waals surface area contributed by atoms with Gasteiger partial charge in [-0.25, -0.2) is 0 Å². The number of rotatable bonds is 4. The third-order valence-electron chi connectivity index (χ3n) is 10.8. The Hall–Kier alpha value is -6.40. The van der Waals surface area contributed by atoms with Crippen molar-refractivity contribution in [3.8, 4) is 28.3 Å². The molecular weight excluding hydrogens is 685 g/mol. The minimum absolute atomic E-state index is 0.877. The summed E-state index contributed by atoms with van der Waals surface area (Å²) in [7, 11) is 0. The van der Waals surface area contributed by atoms with Gasteiger partial charge in [-0.05, 0) is 71.8 Å². The molecule has 0 radical (unpaired) electrons. The number of ether oxygens (including phenoxy) is 1. The van der Waals surface area contributed by atoms with Gasteiger partial charge >= 0.3 is 0 Å². The standard InChI is InChI=1S/C48H28N2OS2/c1-5-23-43-32(11-1)34-14-8-19-39(47(34)52-43)49(40-20-9-15-35-33-12-2-6-24-44(33)53-48(35)40)30-27-25-29(26-28-30)31-13-7-18-38-45(31)36-16-10-22-42-46(36)50(38)37-17-3-4-21-41(37)51-42/h1-28H. The van der Waals surface area contributed by atoms with E-state index < -0.39 is 0 Å². The van der Waals surface area contributed by atoms with Crippen LogP contribution in [0.4, 0.5) is 17.1 Å². The van der Waals surface area contributed by atoms with Crippen molar-refractivity contribution < 1.29 is 4.74 Å². The predicted octanol–water partition coefficient (Wildman–Crippen LogP) is 14.8. The Bertz CT molecular complexity index is 3160. The monoisotopic (exact) mass is 712 g/mol. The van der Waals surface area contributed by atoms with Crippen molar-refractivity contribution >= 4 is 102 Å². The summed E-state index contributed by atoms with van der Waals surface area (Å²) in [4.78, 5) is 2.48. The number of fused-ring (bicyclic) bond motifs is 11. The zero-order valence-corrected chi connectivity index (χ0v) is 29.9. The summed E-state index contributed by atoms with van der Waals surface area (Å²) in [5.41, 5.74) is 9.26. The van der Waals surface area contributed by atoms with Crippen molar-refractivity contribution in [3.63, 3.8) is 0 Å². The van der Waals surface area contributed by atoms with Crippen molar-refractivity contribution in [2.75, 3.05) is 4.90 Å². The molecule has 3 aromatic heterocycles. The van der Waals surface area contributed by atoms with E-state index in [-0.39, 0.29) is 0 Å². The van der Waals surface area contributed by atoms with Gasteiger partial charge in [0.15, 0.2) is 11.5 Å². The number of thiophene rings is 2. The van der Waals surface area contributed by atoms with Gasteiger partial charge in [0, 0.05) is 47.4 Å². The molecule has 12 rings (SSSR count). The van der Waals surface area contributed by atoms with E-state index in [0.29, 0.717) is 0 Å². The van der Waals surface area contributed by atoms with Crippen LogP contribution in [0.25, 0.3) is 79.0 Å². The second-order valence-corrected chi connectivity index (χ2v) is 15.7. The molecule has 0 spiro atoms. The van der Waals surface area contributed by atoms with Crippen LogP contribution in [0.5, 0.6) is 11.5 Å². The molecule has 0 bridgehead atoms. The highest BCUT2D eigenvalue weighted by Crippen LogP contribution is 2.50. The van der Waals surface area contributed by atoms with E-state index in [4.69, 9.17) is 4.74 Å². The maximum Gasteiger partial charge on any atom is 0.152 e. The number of hydrogen-bond donors (Lipinski definition) is 0. The molecule has 1 aliphatic heterocycles. The lowest BCUT2D eigenvalue weighted by molar-refractivity contribution is 0.476. The maximum atomic E-state index is 6.43. The Kier molecular flexibility index (Phi) is 6.09. The van der Waals surface area contributed by atoms with E-state index in [9.17, 15) is 0 Å². The molecule has 53 heavy (non-hydrogen) atoms. The third-order valence-corrected chi connectivity index (χ3v) is 13.2. The van der Waals surface area contributed by atoms with Gasteiger partial charge in [-0.2, -0.15) is 0 Å². The van der Waals surface area contributed by atoms with E-state index >= 15 is 0 Å². The number of aromatic nitrogens is 1. The number of para-hydroxylation sites is 3. The van der Waals surface area contributed by atoms with Gasteiger partial charge in [0.1, 0.15) is 0 Å². The molecule has 1 aliphatic rings. The fourth-order valence-corrected chi connectivity index (χ4v) is 10.9. The fraction of sp³-hybridized carbons (Fsp3) is 0. The molecule has 0 atom stereocenters. The quantitative estimate of drug-likeness (QED) is 0.181. The molecule has 0 unspecified atom stereocenters. The second-order valence-electron chi connectivity index (χ2n) is 13.6. The van der Waals surface area contributed by atoms with Crippen molar-refractivity contribution in [1.29, 1.82) is 0 Å². The van der Waals surface area contributed by atoms with Crippen LogP contribution in [-0.4, -0.2) is 4.57 Å². The first-order chi connectivity index (χ1) is 26.3. The van der Waals surface area contributed by atoms with Crippen LogP contribution < -0.4 is 9.64 Å². The Labute approximate surface area is 312 Å². The largest absolute Gasteiger partial charge is 0.453 e. The summed E-state index contributed by atoms with van der Waals surface area (Å²) < 4.78 is 14.0. The summed E-state index contributed by atoms with van der Waals surface area (Å²) >= 11 is 3.75. The third kappa shape index (κ3) is 4.15. The zero-order chi connectivity index (χ0) is 34.6. The van der Waals surface area contributed by atoms with Gasteiger partial charge in [0.2, 0.25) is 0 Å². The average molecular weight is 713 g/mol.